The number of nitrogens with zero attached hydrogens (tertiary/aromatic N) is 6. The molecule has 2 aliphatic heterocycles. The predicted molar refractivity (Wildman–Crippen MR) is 129 cm³/mol. The Bertz CT molecular complexity index is 1440. The van der Waals surface area contributed by atoms with Gasteiger partial charge in [0.05, 0.1) is 22.9 Å². The van der Waals surface area contributed by atoms with Crippen molar-refractivity contribution in [3.63, 3.8) is 0 Å². The molecule has 9 nitrogen and oxygen atoms in total. The van der Waals surface area contributed by atoms with Gasteiger partial charge < -0.3 is 18.9 Å². The second-order valence-corrected chi connectivity index (χ2v) is 8.85. The lowest BCUT2D eigenvalue weighted by molar-refractivity contribution is 0.174. The van der Waals surface area contributed by atoms with Crippen LogP contribution in [0.4, 0.5) is 5.69 Å². The van der Waals surface area contributed by atoms with Crippen molar-refractivity contribution in [3.8, 4) is 17.4 Å². The molecular weight excluding hydrogens is 456 g/mol. The molecule has 0 N–H and O–H groups in total. The van der Waals surface area contributed by atoms with Crippen molar-refractivity contribution in [2.45, 2.75) is 6.54 Å². The van der Waals surface area contributed by atoms with E-state index in [1.54, 1.807) is 6.20 Å². The SMILES string of the molecule is Cn1c(-n2ncc(N3CCN(Cc4ccc5c(c4)OCO5)CC3)c(Cl)c2=O)nc2ccccc21. The van der Waals surface area contributed by atoms with Gasteiger partial charge in [-0.1, -0.05) is 29.8 Å². The van der Waals surface area contributed by atoms with E-state index in [1.807, 2.05) is 48.0 Å². The van der Waals surface area contributed by atoms with Gasteiger partial charge in [-0.05, 0) is 29.8 Å². The lowest BCUT2D eigenvalue weighted by atomic mass is 10.1. The number of ether oxygens (including phenoxy) is 2. The molecule has 0 saturated carbocycles. The Labute approximate surface area is 200 Å². The molecular formula is C24H23ClN6O3. The van der Waals surface area contributed by atoms with Crippen molar-refractivity contribution in [1.82, 2.24) is 24.2 Å². The van der Waals surface area contributed by atoms with Crippen LogP contribution in [-0.4, -0.2) is 57.2 Å². The van der Waals surface area contributed by atoms with Crippen molar-refractivity contribution in [3.05, 3.63) is 69.6 Å². The molecule has 34 heavy (non-hydrogen) atoms. The highest BCUT2D eigenvalue weighted by Gasteiger charge is 2.23. The maximum absolute atomic E-state index is 13.1. The van der Waals surface area contributed by atoms with Gasteiger partial charge in [-0.25, -0.2) is 4.98 Å². The van der Waals surface area contributed by atoms with Crippen LogP contribution in [0.5, 0.6) is 11.5 Å². The normalized spacial score (nSPS) is 15.9. The number of aryl methyl sites for hydroxylation is 1. The molecule has 0 aliphatic carbocycles. The lowest BCUT2D eigenvalue weighted by Crippen LogP contribution is -2.46. The fourth-order valence-corrected chi connectivity index (χ4v) is 4.80. The highest BCUT2D eigenvalue weighted by molar-refractivity contribution is 6.33. The number of hydrogen-bond donors (Lipinski definition) is 0. The Morgan fingerprint density at radius 2 is 1.82 bits per heavy atom. The zero-order valence-corrected chi connectivity index (χ0v) is 19.4. The number of para-hydroxylation sites is 2. The van der Waals surface area contributed by atoms with E-state index < -0.39 is 0 Å². The Morgan fingerprint density at radius 1 is 1.03 bits per heavy atom. The molecule has 2 aromatic carbocycles. The standard InChI is InChI=1S/C24H23ClN6O3/c1-28-18-5-3-2-4-17(18)27-24(28)31-23(32)22(25)19(13-26-31)30-10-8-29(9-11-30)14-16-6-7-20-21(12-16)34-15-33-20/h2-7,12-13H,8-11,14-15H2,1H3. The Hall–Kier alpha value is -3.56. The van der Waals surface area contributed by atoms with E-state index >= 15 is 0 Å². The summed E-state index contributed by atoms with van der Waals surface area (Å²) in [5, 5.41) is 4.57. The van der Waals surface area contributed by atoms with Gasteiger partial charge in [-0.3, -0.25) is 9.69 Å². The van der Waals surface area contributed by atoms with Crippen LogP contribution >= 0.6 is 11.6 Å². The minimum atomic E-state index is -0.375. The van der Waals surface area contributed by atoms with Crippen molar-refractivity contribution in [2.75, 3.05) is 37.9 Å². The molecule has 1 saturated heterocycles. The summed E-state index contributed by atoms with van der Waals surface area (Å²) in [7, 11) is 1.86. The first-order valence-corrected chi connectivity index (χ1v) is 11.5. The molecule has 0 radical (unpaired) electrons. The highest BCUT2D eigenvalue weighted by Crippen LogP contribution is 2.33. The van der Waals surface area contributed by atoms with Gasteiger partial charge in [-0.2, -0.15) is 9.78 Å². The Kier molecular flexibility index (Phi) is 5.15. The molecule has 6 rings (SSSR count). The van der Waals surface area contributed by atoms with Gasteiger partial charge in [-0.15, -0.1) is 0 Å². The summed E-state index contributed by atoms with van der Waals surface area (Å²) in [5.74, 6) is 2.03. The third-order valence-corrected chi connectivity index (χ3v) is 6.76. The number of fused-ring (bicyclic) bond motifs is 2. The van der Waals surface area contributed by atoms with E-state index in [2.05, 4.69) is 25.9 Å². The minimum absolute atomic E-state index is 0.159. The van der Waals surface area contributed by atoms with E-state index in [0.29, 0.717) is 11.6 Å². The smallest absolute Gasteiger partial charge is 0.295 e. The van der Waals surface area contributed by atoms with Crippen LogP contribution in [0.3, 0.4) is 0 Å². The lowest BCUT2D eigenvalue weighted by Gasteiger charge is -2.36. The molecule has 174 valence electrons. The number of aromatic nitrogens is 4. The Balaban J connectivity index is 1.18. The molecule has 0 atom stereocenters. The third-order valence-electron chi connectivity index (χ3n) is 6.41. The van der Waals surface area contributed by atoms with Gasteiger partial charge in [0.1, 0.15) is 5.02 Å². The summed E-state index contributed by atoms with van der Waals surface area (Å²) < 4.78 is 14.0. The zero-order valence-electron chi connectivity index (χ0n) is 18.6. The molecule has 2 aromatic heterocycles. The molecule has 2 aliphatic rings. The first-order valence-electron chi connectivity index (χ1n) is 11.1. The largest absolute Gasteiger partial charge is 0.454 e. The topological polar surface area (TPSA) is 77.7 Å². The fraction of sp³-hybridized carbons (Fsp3) is 0.292. The molecule has 0 amide bonds. The van der Waals surface area contributed by atoms with Gasteiger partial charge in [0.15, 0.2) is 11.5 Å². The van der Waals surface area contributed by atoms with E-state index in [9.17, 15) is 4.79 Å². The summed E-state index contributed by atoms with van der Waals surface area (Å²) in [4.78, 5) is 22.2. The molecule has 10 heteroatoms. The summed E-state index contributed by atoms with van der Waals surface area (Å²) in [6.45, 7) is 4.30. The molecule has 1 fully saturated rings. The molecule has 0 bridgehead atoms. The highest BCUT2D eigenvalue weighted by atomic mass is 35.5. The van der Waals surface area contributed by atoms with Gasteiger partial charge >= 0.3 is 0 Å². The number of piperazine rings is 1. The molecule has 4 aromatic rings. The number of hydrogen-bond acceptors (Lipinski definition) is 7. The van der Waals surface area contributed by atoms with E-state index in [1.165, 1.54) is 10.2 Å². The van der Waals surface area contributed by atoms with Crippen LogP contribution in [0.25, 0.3) is 17.0 Å². The van der Waals surface area contributed by atoms with Crippen molar-refractivity contribution >= 4 is 28.3 Å². The molecule has 0 unspecified atom stereocenters. The van der Waals surface area contributed by atoms with E-state index in [-0.39, 0.29) is 17.4 Å². The average molecular weight is 479 g/mol. The third kappa shape index (κ3) is 3.57. The number of rotatable bonds is 4. The second-order valence-electron chi connectivity index (χ2n) is 8.47. The van der Waals surface area contributed by atoms with E-state index in [0.717, 1.165) is 55.3 Å². The van der Waals surface area contributed by atoms with Crippen molar-refractivity contribution in [2.24, 2.45) is 7.05 Å². The summed E-state index contributed by atoms with van der Waals surface area (Å²) in [6, 6.07) is 13.8. The molecule has 0 spiro atoms. The predicted octanol–water partition coefficient (Wildman–Crippen LogP) is 2.82. The quantitative estimate of drug-likeness (QED) is 0.446. The van der Waals surface area contributed by atoms with Crippen molar-refractivity contribution in [1.29, 1.82) is 0 Å². The van der Waals surface area contributed by atoms with Crippen LogP contribution in [0.1, 0.15) is 5.56 Å². The second kappa shape index (κ2) is 8.34. The van der Waals surface area contributed by atoms with Crippen LogP contribution in [0, 0.1) is 0 Å². The average Bonchev–Trinajstić information content (AvgIpc) is 3.46. The number of anilines is 1. The van der Waals surface area contributed by atoms with E-state index in [4.69, 9.17) is 21.1 Å². The molecule has 4 heterocycles. The fourth-order valence-electron chi connectivity index (χ4n) is 4.55. The first kappa shape index (κ1) is 21.0. The first-order chi connectivity index (χ1) is 16.6. The zero-order chi connectivity index (χ0) is 23.2. The number of halogens is 1. The minimum Gasteiger partial charge on any atom is -0.454 e. The summed E-state index contributed by atoms with van der Waals surface area (Å²) >= 11 is 6.56. The maximum Gasteiger partial charge on any atom is 0.295 e. The van der Waals surface area contributed by atoms with Gasteiger partial charge in [0, 0.05) is 39.8 Å². The summed E-state index contributed by atoms with van der Waals surface area (Å²) in [5.41, 5.74) is 3.18. The maximum atomic E-state index is 13.1. The number of imidazole rings is 1. The summed E-state index contributed by atoms with van der Waals surface area (Å²) in [6.07, 6.45) is 1.66. The van der Waals surface area contributed by atoms with Gasteiger partial charge in [0.2, 0.25) is 12.7 Å². The Morgan fingerprint density at radius 3 is 2.65 bits per heavy atom. The monoisotopic (exact) mass is 478 g/mol. The number of benzene rings is 2. The van der Waals surface area contributed by atoms with Crippen LogP contribution in [0.15, 0.2) is 53.5 Å². The van der Waals surface area contributed by atoms with Crippen LogP contribution in [0.2, 0.25) is 5.02 Å². The van der Waals surface area contributed by atoms with Crippen molar-refractivity contribution < 1.29 is 9.47 Å². The van der Waals surface area contributed by atoms with Crippen LogP contribution in [-0.2, 0) is 13.6 Å². The van der Waals surface area contributed by atoms with Crippen LogP contribution < -0.4 is 19.9 Å². The van der Waals surface area contributed by atoms with Gasteiger partial charge in [0.25, 0.3) is 5.56 Å².